The predicted molar refractivity (Wildman–Crippen MR) is 62.8 cm³/mol. The maximum Gasteiger partial charge on any atom is 0.226 e. The first-order valence-corrected chi connectivity index (χ1v) is 4.74. The van der Waals surface area contributed by atoms with Crippen LogP contribution in [0.25, 0.3) is 0 Å². The molecule has 0 aliphatic rings. The minimum atomic E-state index is -1.35. The summed E-state index contributed by atoms with van der Waals surface area (Å²) in [4.78, 5) is 20.5. The van der Waals surface area contributed by atoms with Crippen molar-refractivity contribution >= 4 is 24.1 Å². The predicted octanol–water partition coefficient (Wildman–Crippen LogP) is -3.23. The number of nitrogen functional groups attached to an aromatic ring is 3. The van der Waals surface area contributed by atoms with Crippen LogP contribution in [0, 0.1) is 5.41 Å². The van der Waals surface area contributed by atoms with Crippen LogP contribution in [0.4, 0.5) is 17.8 Å². The molecule has 1 heterocycles. The quantitative estimate of drug-likeness (QED) is 0.299. The molecule has 10 nitrogen and oxygen atoms in total. The summed E-state index contributed by atoms with van der Waals surface area (Å²) in [7, 11) is 0. The summed E-state index contributed by atoms with van der Waals surface area (Å²) in [5.41, 5.74) is 14.1. The lowest BCUT2D eigenvalue weighted by molar-refractivity contribution is -0.124. The van der Waals surface area contributed by atoms with Crippen molar-refractivity contribution in [2.24, 2.45) is 5.41 Å². The van der Waals surface area contributed by atoms with E-state index >= 15 is 0 Å². The number of aromatic nitrogens is 3. The molecule has 102 valence electrons. The normalized spacial score (nSPS) is 10.4. The minimum Gasteiger partial charge on any atom is -0.395 e. The Labute approximate surface area is 102 Å². The van der Waals surface area contributed by atoms with Gasteiger partial charge in [-0.1, -0.05) is 0 Å². The van der Waals surface area contributed by atoms with E-state index < -0.39 is 25.2 Å². The van der Waals surface area contributed by atoms with Gasteiger partial charge in [0.25, 0.3) is 0 Å². The monoisotopic (exact) mass is 260 g/mol. The molecule has 0 aliphatic heterocycles. The van der Waals surface area contributed by atoms with Crippen LogP contribution in [0.5, 0.6) is 0 Å². The number of aliphatic hydroxyl groups excluding tert-OH is 3. The Balaban J connectivity index is 0.000000321. The highest BCUT2D eigenvalue weighted by Gasteiger charge is 2.26. The van der Waals surface area contributed by atoms with Crippen LogP contribution in [0.15, 0.2) is 0 Å². The van der Waals surface area contributed by atoms with Gasteiger partial charge in [0.1, 0.15) is 6.29 Å². The number of hydrogen-bond acceptors (Lipinski definition) is 10. The van der Waals surface area contributed by atoms with Crippen LogP contribution in [0.2, 0.25) is 0 Å². The number of nitrogens with zero attached hydrogens (tertiary/aromatic N) is 3. The van der Waals surface area contributed by atoms with E-state index in [0.29, 0.717) is 6.29 Å². The van der Waals surface area contributed by atoms with Gasteiger partial charge in [-0.2, -0.15) is 15.0 Å². The van der Waals surface area contributed by atoms with Gasteiger partial charge in [-0.15, -0.1) is 0 Å². The van der Waals surface area contributed by atoms with E-state index in [1.165, 1.54) is 0 Å². The molecular formula is C8H16N6O4. The van der Waals surface area contributed by atoms with Crippen molar-refractivity contribution in [3.8, 4) is 0 Å². The van der Waals surface area contributed by atoms with E-state index in [2.05, 4.69) is 15.0 Å². The fraction of sp³-hybridized carbons (Fsp3) is 0.500. The zero-order valence-corrected chi connectivity index (χ0v) is 9.52. The van der Waals surface area contributed by atoms with Gasteiger partial charge in [0.05, 0.1) is 25.2 Å². The van der Waals surface area contributed by atoms with Crippen LogP contribution >= 0.6 is 0 Å². The Morgan fingerprint density at radius 3 is 1.28 bits per heavy atom. The molecule has 1 aromatic rings. The summed E-state index contributed by atoms with van der Waals surface area (Å²) in [5, 5.41) is 25.3. The molecule has 10 heteroatoms. The largest absolute Gasteiger partial charge is 0.395 e. The fourth-order valence-electron chi connectivity index (χ4n) is 0.689. The third-order valence-electron chi connectivity index (χ3n) is 1.88. The molecule has 0 atom stereocenters. The van der Waals surface area contributed by atoms with Gasteiger partial charge in [-0.25, -0.2) is 0 Å². The second-order valence-corrected chi connectivity index (χ2v) is 3.36. The molecule has 0 saturated heterocycles. The Morgan fingerprint density at radius 1 is 0.889 bits per heavy atom. The van der Waals surface area contributed by atoms with Crippen LogP contribution < -0.4 is 17.2 Å². The lowest BCUT2D eigenvalue weighted by atomic mass is 9.94. The van der Waals surface area contributed by atoms with Gasteiger partial charge in [0.2, 0.25) is 17.8 Å². The summed E-state index contributed by atoms with van der Waals surface area (Å²) in [6.45, 7) is -1.57. The van der Waals surface area contributed by atoms with Crippen molar-refractivity contribution in [2.45, 2.75) is 0 Å². The number of anilines is 3. The zero-order chi connectivity index (χ0) is 14.2. The first-order chi connectivity index (χ1) is 8.42. The molecule has 9 N–H and O–H groups in total. The summed E-state index contributed by atoms with van der Waals surface area (Å²) < 4.78 is 0. The molecule has 18 heavy (non-hydrogen) atoms. The molecule has 0 aliphatic carbocycles. The molecule has 0 fully saturated rings. The average Bonchev–Trinajstić information content (AvgIpc) is 2.32. The van der Waals surface area contributed by atoms with Crippen molar-refractivity contribution in [1.29, 1.82) is 0 Å². The van der Waals surface area contributed by atoms with Gasteiger partial charge in [0, 0.05) is 0 Å². The van der Waals surface area contributed by atoms with E-state index in [0.717, 1.165) is 0 Å². The highest BCUT2D eigenvalue weighted by atomic mass is 16.3. The van der Waals surface area contributed by atoms with E-state index in [1.807, 2.05) is 0 Å². The molecule has 1 aromatic heterocycles. The fourth-order valence-corrected chi connectivity index (χ4v) is 0.689. The SMILES string of the molecule is Nc1nc(N)nc(N)n1.O=CC(CO)(CO)CO. The lowest BCUT2D eigenvalue weighted by Crippen LogP contribution is -2.35. The van der Waals surface area contributed by atoms with E-state index in [1.54, 1.807) is 0 Å². The third-order valence-corrected chi connectivity index (χ3v) is 1.88. The number of carbonyl (C=O) groups excluding carboxylic acids is 1. The van der Waals surface area contributed by atoms with E-state index in [-0.39, 0.29) is 17.8 Å². The second kappa shape index (κ2) is 7.32. The Kier molecular flexibility index (Phi) is 6.49. The van der Waals surface area contributed by atoms with Crippen molar-refractivity contribution in [3.05, 3.63) is 0 Å². The van der Waals surface area contributed by atoms with E-state index in [4.69, 9.17) is 32.5 Å². The molecule has 1 rings (SSSR count). The van der Waals surface area contributed by atoms with Gasteiger partial charge in [-0.3, -0.25) is 0 Å². The third kappa shape index (κ3) is 4.86. The number of aliphatic hydroxyl groups is 3. The summed E-state index contributed by atoms with van der Waals surface area (Å²) in [6, 6.07) is 0. The lowest BCUT2D eigenvalue weighted by Gasteiger charge is -2.18. The Hall–Kier alpha value is -2.04. The van der Waals surface area contributed by atoms with Gasteiger partial charge >= 0.3 is 0 Å². The van der Waals surface area contributed by atoms with Crippen molar-refractivity contribution < 1.29 is 20.1 Å². The molecule has 0 amide bonds. The average molecular weight is 260 g/mol. The highest BCUT2D eigenvalue weighted by molar-refractivity contribution is 5.59. The number of aldehydes is 1. The first kappa shape index (κ1) is 16.0. The molecule has 0 radical (unpaired) electrons. The van der Waals surface area contributed by atoms with Crippen LogP contribution in [0.1, 0.15) is 0 Å². The highest BCUT2D eigenvalue weighted by Crippen LogP contribution is 2.08. The number of nitrogens with two attached hydrogens (primary N) is 3. The Morgan fingerprint density at radius 2 is 1.17 bits per heavy atom. The van der Waals surface area contributed by atoms with Gasteiger partial charge in [-0.05, 0) is 0 Å². The van der Waals surface area contributed by atoms with Gasteiger partial charge < -0.3 is 37.3 Å². The maximum absolute atomic E-state index is 10.0. The first-order valence-electron chi connectivity index (χ1n) is 4.74. The van der Waals surface area contributed by atoms with Crippen molar-refractivity contribution in [3.63, 3.8) is 0 Å². The smallest absolute Gasteiger partial charge is 0.226 e. The number of hydrogen-bond donors (Lipinski definition) is 6. The molecular weight excluding hydrogens is 244 g/mol. The molecule has 0 bridgehead atoms. The molecule has 0 saturated carbocycles. The summed E-state index contributed by atoms with van der Waals surface area (Å²) in [6.07, 6.45) is 0.354. The number of carbonyl (C=O) groups is 1. The topological polar surface area (TPSA) is 194 Å². The maximum atomic E-state index is 10.0. The number of rotatable bonds is 4. The minimum absolute atomic E-state index is 0.0417. The standard InChI is InChI=1S/C5H10O4.C3H6N6/c6-1-5(2-7,3-8)4-9;4-1-7-2(5)9-3(6)8-1/h1,7-9H,2-4H2;(H6,4,5,6,7,8,9). The molecule has 0 aromatic carbocycles. The van der Waals surface area contributed by atoms with Crippen LogP contribution in [0.3, 0.4) is 0 Å². The zero-order valence-electron chi connectivity index (χ0n) is 9.52. The van der Waals surface area contributed by atoms with Crippen molar-refractivity contribution in [1.82, 2.24) is 15.0 Å². The summed E-state index contributed by atoms with van der Waals surface area (Å²) in [5.74, 6) is 0.125. The van der Waals surface area contributed by atoms with Crippen molar-refractivity contribution in [2.75, 3.05) is 37.0 Å². The van der Waals surface area contributed by atoms with Crippen LogP contribution in [-0.4, -0.2) is 56.4 Å². The molecule has 0 spiro atoms. The summed E-state index contributed by atoms with van der Waals surface area (Å²) >= 11 is 0. The second-order valence-electron chi connectivity index (χ2n) is 3.36. The molecule has 0 unspecified atom stereocenters. The van der Waals surface area contributed by atoms with Crippen LogP contribution in [-0.2, 0) is 4.79 Å². The van der Waals surface area contributed by atoms with E-state index in [9.17, 15) is 4.79 Å². The van der Waals surface area contributed by atoms with Gasteiger partial charge in [0.15, 0.2) is 0 Å². The Bertz CT molecular complexity index is 325.